The first-order chi connectivity index (χ1) is 13.7. The largest absolute Gasteiger partial charge is 0.492 e. The van der Waals surface area contributed by atoms with E-state index >= 15 is 0 Å². The van der Waals surface area contributed by atoms with Gasteiger partial charge >= 0.3 is 0 Å². The molecular weight excluding hydrogens is 392 g/mol. The quantitative estimate of drug-likeness (QED) is 0.506. The van der Waals surface area contributed by atoms with Gasteiger partial charge in [0.15, 0.2) is 4.34 Å². The molecule has 6 nitrogen and oxygen atoms in total. The minimum absolute atomic E-state index is 0.0281. The Morgan fingerprint density at radius 3 is 2.75 bits per heavy atom. The number of nitrogens with zero attached hydrogens (tertiary/aromatic N) is 2. The molecule has 2 N–H and O–H groups in total. The highest BCUT2D eigenvalue weighted by Crippen LogP contribution is 2.31. The number of thioether (sulfide) groups is 1. The molecule has 146 valence electrons. The number of ether oxygens (including phenoxy) is 1. The molecule has 0 spiro atoms. The van der Waals surface area contributed by atoms with E-state index in [1.54, 1.807) is 0 Å². The molecule has 0 atom stereocenters. The van der Waals surface area contributed by atoms with Gasteiger partial charge in [-0.2, -0.15) is 0 Å². The molecule has 0 aliphatic heterocycles. The zero-order valence-corrected chi connectivity index (χ0v) is 17.4. The van der Waals surface area contributed by atoms with Crippen LogP contribution >= 0.6 is 23.1 Å². The molecule has 28 heavy (non-hydrogen) atoms. The maximum atomic E-state index is 12.1. The van der Waals surface area contributed by atoms with Crippen LogP contribution in [0.5, 0.6) is 5.75 Å². The number of hydrogen-bond donors (Lipinski definition) is 2. The number of rotatable bonds is 9. The molecule has 3 aromatic rings. The van der Waals surface area contributed by atoms with Gasteiger partial charge in [0.2, 0.25) is 11.0 Å². The van der Waals surface area contributed by atoms with Crippen LogP contribution in [-0.4, -0.2) is 28.5 Å². The van der Waals surface area contributed by atoms with Crippen molar-refractivity contribution in [2.45, 2.75) is 24.7 Å². The highest BCUT2D eigenvalue weighted by molar-refractivity contribution is 8.01. The summed E-state index contributed by atoms with van der Waals surface area (Å²) in [6.07, 6.45) is 0. The van der Waals surface area contributed by atoms with Crippen LogP contribution in [0, 0.1) is 6.92 Å². The molecular formula is C20H22N4O2S2. The molecule has 0 aliphatic rings. The van der Waals surface area contributed by atoms with Gasteiger partial charge < -0.3 is 15.4 Å². The molecule has 1 heterocycles. The van der Waals surface area contributed by atoms with Gasteiger partial charge in [0.1, 0.15) is 5.75 Å². The van der Waals surface area contributed by atoms with Crippen LogP contribution in [0.1, 0.15) is 18.1 Å². The summed E-state index contributed by atoms with van der Waals surface area (Å²) in [5.41, 5.74) is 3.13. The van der Waals surface area contributed by atoms with Crippen LogP contribution in [0.4, 0.5) is 10.8 Å². The number of anilines is 2. The SMILES string of the molecule is CCOc1ccccc1Nc1nnc(SCC(=O)NCc2ccccc2C)s1. The molecule has 3 rings (SSSR count). The summed E-state index contributed by atoms with van der Waals surface area (Å²) >= 11 is 2.78. The van der Waals surface area contributed by atoms with Gasteiger partial charge in [0, 0.05) is 6.54 Å². The van der Waals surface area contributed by atoms with E-state index in [4.69, 9.17) is 4.74 Å². The first-order valence-corrected chi connectivity index (χ1v) is 10.7. The highest BCUT2D eigenvalue weighted by Gasteiger charge is 2.10. The molecule has 0 saturated heterocycles. The fourth-order valence-electron chi connectivity index (χ4n) is 2.47. The molecule has 2 aromatic carbocycles. The maximum absolute atomic E-state index is 12.1. The summed E-state index contributed by atoms with van der Waals surface area (Å²) in [5, 5.41) is 15.1. The summed E-state index contributed by atoms with van der Waals surface area (Å²) in [4.78, 5) is 12.1. The Bertz CT molecular complexity index is 930. The molecule has 0 radical (unpaired) electrons. The zero-order chi connectivity index (χ0) is 19.8. The van der Waals surface area contributed by atoms with E-state index in [2.05, 4.69) is 20.8 Å². The minimum Gasteiger partial charge on any atom is -0.492 e. The molecule has 0 unspecified atom stereocenters. The zero-order valence-electron chi connectivity index (χ0n) is 15.8. The summed E-state index contributed by atoms with van der Waals surface area (Å²) in [6.45, 7) is 5.10. The van der Waals surface area contributed by atoms with Crippen molar-refractivity contribution in [1.82, 2.24) is 15.5 Å². The van der Waals surface area contributed by atoms with E-state index in [1.807, 2.05) is 62.4 Å². The Balaban J connectivity index is 1.49. The molecule has 0 saturated carbocycles. The second kappa shape index (κ2) is 10.1. The number of carbonyl (C=O) groups is 1. The van der Waals surface area contributed by atoms with Crippen molar-refractivity contribution in [3.8, 4) is 5.75 Å². The average molecular weight is 415 g/mol. The lowest BCUT2D eigenvalue weighted by Gasteiger charge is -2.09. The van der Waals surface area contributed by atoms with Crippen molar-refractivity contribution < 1.29 is 9.53 Å². The normalized spacial score (nSPS) is 10.5. The number of benzene rings is 2. The predicted octanol–water partition coefficient (Wildman–Crippen LogP) is 4.40. The van der Waals surface area contributed by atoms with E-state index in [1.165, 1.54) is 28.7 Å². The van der Waals surface area contributed by atoms with Gasteiger partial charge in [-0.15, -0.1) is 10.2 Å². The van der Waals surface area contributed by atoms with Crippen molar-refractivity contribution >= 4 is 39.8 Å². The first kappa shape index (κ1) is 20.2. The fraction of sp³-hybridized carbons (Fsp3) is 0.250. The van der Waals surface area contributed by atoms with E-state index in [0.717, 1.165) is 21.3 Å². The number of aryl methyl sites for hydroxylation is 1. The van der Waals surface area contributed by atoms with Crippen molar-refractivity contribution in [3.63, 3.8) is 0 Å². The van der Waals surface area contributed by atoms with Crippen LogP contribution in [0.3, 0.4) is 0 Å². The van der Waals surface area contributed by atoms with Crippen LogP contribution in [0.2, 0.25) is 0 Å². The monoisotopic (exact) mass is 414 g/mol. The van der Waals surface area contributed by atoms with Crippen molar-refractivity contribution in [2.75, 3.05) is 17.7 Å². The second-order valence-electron chi connectivity index (χ2n) is 5.92. The number of hydrogen-bond acceptors (Lipinski definition) is 7. The molecule has 0 bridgehead atoms. The average Bonchev–Trinajstić information content (AvgIpc) is 3.15. The maximum Gasteiger partial charge on any atom is 0.230 e. The van der Waals surface area contributed by atoms with Gasteiger partial charge in [0.25, 0.3) is 0 Å². The Labute approximate surface area is 172 Å². The van der Waals surface area contributed by atoms with Crippen LogP contribution in [-0.2, 0) is 11.3 Å². The molecule has 1 amide bonds. The van der Waals surface area contributed by atoms with Crippen LogP contribution in [0.15, 0.2) is 52.9 Å². The van der Waals surface area contributed by atoms with Crippen LogP contribution < -0.4 is 15.4 Å². The third-order valence-corrected chi connectivity index (χ3v) is 5.87. The number of aromatic nitrogens is 2. The summed E-state index contributed by atoms with van der Waals surface area (Å²) in [7, 11) is 0. The Morgan fingerprint density at radius 2 is 1.93 bits per heavy atom. The lowest BCUT2D eigenvalue weighted by Crippen LogP contribution is -2.24. The third-order valence-electron chi connectivity index (χ3n) is 3.90. The predicted molar refractivity (Wildman–Crippen MR) is 115 cm³/mol. The van der Waals surface area contributed by atoms with Crippen molar-refractivity contribution in [3.05, 3.63) is 59.7 Å². The molecule has 0 fully saturated rings. The Kier molecular flexibility index (Phi) is 7.27. The summed E-state index contributed by atoms with van der Waals surface area (Å²) in [6, 6.07) is 15.7. The fourth-order valence-corrected chi connectivity index (χ4v) is 4.06. The smallest absolute Gasteiger partial charge is 0.230 e. The third kappa shape index (κ3) is 5.71. The van der Waals surface area contributed by atoms with Gasteiger partial charge in [-0.25, -0.2) is 0 Å². The Morgan fingerprint density at radius 1 is 1.14 bits per heavy atom. The molecule has 8 heteroatoms. The summed E-state index contributed by atoms with van der Waals surface area (Å²) in [5.74, 6) is 1.04. The number of para-hydroxylation sites is 2. The number of nitrogens with one attached hydrogen (secondary N) is 2. The van der Waals surface area contributed by atoms with E-state index < -0.39 is 0 Å². The molecule has 1 aromatic heterocycles. The lowest BCUT2D eigenvalue weighted by molar-refractivity contribution is -0.118. The standard InChI is InChI=1S/C20H22N4O2S2/c1-3-26-17-11-7-6-10-16(17)22-19-23-24-20(28-19)27-13-18(25)21-12-15-9-5-4-8-14(15)2/h4-11H,3,12-13H2,1-2H3,(H,21,25)(H,22,23). The second-order valence-corrected chi connectivity index (χ2v) is 8.12. The van der Waals surface area contributed by atoms with Gasteiger partial charge in [-0.3, -0.25) is 4.79 Å². The van der Waals surface area contributed by atoms with Gasteiger partial charge in [-0.05, 0) is 37.1 Å². The molecule has 0 aliphatic carbocycles. The number of amides is 1. The minimum atomic E-state index is -0.0281. The van der Waals surface area contributed by atoms with E-state index in [0.29, 0.717) is 24.0 Å². The van der Waals surface area contributed by atoms with Gasteiger partial charge in [-0.1, -0.05) is 59.5 Å². The highest BCUT2D eigenvalue weighted by atomic mass is 32.2. The van der Waals surface area contributed by atoms with E-state index in [-0.39, 0.29) is 5.91 Å². The van der Waals surface area contributed by atoms with E-state index in [9.17, 15) is 4.79 Å². The van der Waals surface area contributed by atoms with Gasteiger partial charge in [0.05, 0.1) is 18.0 Å². The Hall–Kier alpha value is -2.58. The summed E-state index contributed by atoms with van der Waals surface area (Å²) < 4.78 is 6.34. The topological polar surface area (TPSA) is 76.1 Å². The van der Waals surface area contributed by atoms with Crippen molar-refractivity contribution in [1.29, 1.82) is 0 Å². The van der Waals surface area contributed by atoms with Crippen molar-refractivity contribution in [2.24, 2.45) is 0 Å². The first-order valence-electron chi connectivity index (χ1n) is 8.92. The lowest BCUT2D eigenvalue weighted by atomic mass is 10.1. The van der Waals surface area contributed by atoms with Crippen LogP contribution in [0.25, 0.3) is 0 Å². The number of carbonyl (C=O) groups excluding carboxylic acids is 1.